The van der Waals surface area contributed by atoms with Crippen molar-refractivity contribution < 1.29 is 4.74 Å². The molecular formula is C13H17NO. The fraction of sp³-hybridized carbons (Fsp3) is 0.385. The first-order valence-corrected chi connectivity index (χ1v) is 5.30. The van der Waals surface area contributed by atoms with E-state index < -0.39 is 0 Å². The van der Waals surface area contributed by atoms with Gasteiger partial charge in [0, 0.05) is 18.8 Å². The van der Waals surface area contributed by atoms with Crippen molar-refractivity contribution in [2.24, 2.45) is 0 Å². The predicted molar refractivity (Wildman–Crippen MR) is 63.0 cm³/mol. The number of rotatable bonds is 3. The molecule has 0 saturated heterocycles. The van der Waals surface area contributed by atoms with E-state index in [-0.39, 0.29) is 0 Å². The summed E-state index contributed by atoms with van der Waals surface area (Å²) in [6.07, 6.45) is 2.07. The zero-order chi connectivity index (χ0) is 10.8. The van der Waals surface area contributed by atoms with Gasteiger partial charge in [-0.05, 0) is 35.1 Å². The van der Waals surface area contributed by atoms with Gasteiger partial charge in [-0.1, -0.05) is 19.9 Å². The Labute approximate surface area is 90.5 Å². The van der Waals surface area contributed by atoms with Gasteiger partial charge < -0.3 is 9.30 Å². The number of aromatic nitrogens is 1. The molecule has 0 aliphatic carbocycles. The van der Waals surface area contributed by atoms with Gasteiger partial charge in [-0.25, -0.2) is 0 Å². The van der Waals surface area contributed by atoms with E-state index in [1.165, 1.54) is 16.5 Å². The molecule has 0 atom stereocenters. The highest BCUT2D eigenvalue weighted by Gasteiger charge is 2.03. The van der Waals surface area contributed by atoms with Gasteiger partial charge in [0.2, 0.25) is 0 Å². The Morgan fingerprint density at radius 2 is 2.07 bits per heavy atom. The normalized spacial score (nSPS) is 11.5. The van der Waals surface area contributed by atoms with Crippen LogP contribution >= 0.6 is 0 Å². The van der Waals surface area contributed by atoms with Gasteiger partial charge >= 0.3 is 0 Å². The van der Waals surface area contributed by atoms with E-state index in [2.05, 4.69) is 48.9 Å². The molecule has 2 rings (SSSR count). The Bertz CT molecular complexity index is 457. The van der Waals surface area contributed by atoms with Gasteiger partial charge in [-0.3, -0.25) is 0 Å². The summed E-state index contributed by atoms with van der Waals surface area (Å²) in [6.45, 7) is 5.05. The summed E-state index contributed by atoms with van der Waals surface area (Å²) in [5.74, 6) is 0.583. The van der Waals surface area contributed by atoms with Gasteiger partial charge in [-0.2, -0.15) is 0 Å². The molecule has 0 unspecified atom stereocenters. The van der Waals surface area contributed by atoms with Crippen LogP contribution in [0.15, 0.2) is 30.5 Å². The Morgan fingerprint density at radius 1 is 1.27 bits per heavy atom. The lowest BCUT2D eigenvalue weighted by Gasteiger charge is -2.07. The van der Waals surface area contributed by atoms with Crippen LogP contribution < -0.4 is 0 Å². The third-order valence-corrected chi connectivity index (χ3v) is 2.73. The van der Waals surface area contributed by atoms with Crippen LogP contribution in [0, 0.1) is 0 Å². The number of ether oxygens (including phenoxy) is 1. The Balaban J connectivity index is 2.47. The van der Waals surface area contributed by atoms with E-state index in [4.69, 9.17) is 4.74 Å². The molecule has 0 fully saturated rings. The van der Waals surface area contributed by atoms with E-state index in [0.717, 1.165) is 0 Å². The molecule has 0 bridgehead atoms. The number of benzene rings is 1. The smallest absolute Gasteiger partial charge is 0.122 e. The minimum atomic E-state index is 0.583. The topological polar surface area (TPSA) is 14.2 Å². The second-order valence-corrected chi connectivity index (χ2v) is 4.18. The molecule has 0 aliphatic heterocycles. The number of hydrogen-bond donors (Lipinski definition) is 0. The minimum Gasteiger partial charge on any atom is -0.364 e. The fourth-order valence-corrected chi connectivity index (χ4v) is 1.83. The zero-order valence-electron chi connectivity index (χ0n) is 9.53. The van der Waals surface area contributed by atoms with E-state index in [9.17, 15) is 0 Å². The molecule has 2 nitrogen and oxygen atoms in total. The molecule has 0 spiro atoms. The van der Waals surface area contributed by atoms with Crippen molar-refractivity contribution in [3.8, 4) is 0 Å². The molecule has 1 aromatic heterocycles. The molecule has 0 aliphatic rings. The molecule has 1 heterocycles. The monoisotopic (exact) mass is 203 g/mol. The van der Waals surface area contributed by atoms with E-state index in [1.54, 1.807) is 7.11 Å². The highest BCUT2D eigenvalue weighted by molar-refractivity contribution is 5.80. The van der Waals surface area contributed by atoms with E-state index in [0.29, 0.717) is 12.6 Å². The quantitative estimate of drug-likeness (QED) is 0.746. The van der Waals surface area contributed by atoms with Crippen LogP contribution in [0.4, 0.5) is 0 Å². The van der Waals surface area contributed by atoms with Crippen molar-refractivity contribution in [2.45, 2.75) is 26.5 Å². The summed E-state index contributed by atoms with van der Waals surface area (Å²) in [6, 6.07) is 8.76. The van der Waals surface area contributed by atoms with Crippen molar-refractivity contribution in [1.82, 2.24) is 4.57 Å². The van der Waals surface area contributed by atoms with E-state index in [1.807, 2.05) is 0 Å². The molecule has 0 radical (unpaired) electrons. The second-order valence-electron chi connectivity index (χ2n) is 4.18. The molecule has 2 heteroatoms. The van der Waals surface area contributed by atoms with Crippen LogP contribution in [0.2, 0.25) is 0 Å². The maximum Gasteiger partial charge on any atom is 0.122 e. The molecular weight excluding hydrogens is 186 g/mol. The first-order chi connectivity index (χ1) is 7.22. The van der Waals surface area contributed by atoms with Gasteiger partial charge in [-0.15, -0.1) is 0 Å². The van der Waals surface area contributed by atoms with Crippen LogP contribution in [0.25, 0.3) is 10.9 Å². The standard InChI is InChI=1S/C13H17NO/c1-10(2)11-4-5-13-12(8-11)6-7-14(13)9-15-3/h4-8,10H,9H2,1-3H3. The lowest BCUT2D eigenvalue weighted by atomic mass is 10.0. The Hall–Kier alpha value is -1.28. The van der Waals surface area contributed by atoms with Crippen LogP contribution in [0.5, 0.6) is 0 Å². The summed E-state index contributed by atoms with van der Waals surface area (Å²) in [4.78, 5) is 0. The third-order valence-electron chi connectivity index (χ3n) is 2.73. The maximum absolute atomic E-state index is 5.13. The van der Waals surface area contributed by atoms with Crippen molar-refractivity contribution in [3.63, 3.8) is 0 Å². The third kappa shape index (κ3) is 1.90. The predicted octanol–water partition coefficient (Wildman–Crippen LogP) is 3.37. The second kappa shape index (κ2) is 4.07. The number of fused-ring (bicyclic) bond motifs is 1. The first kappa shape index (κ1) is 10.2. The molecule has 0 saturated carbocycles. The molecule has 1 aromatic carbocycles. The zero-order valence-corrected chi connectivity index (χ0v) is 9.53. The summed E-state index contributed by atoms with van der Waals surface area (Å²) in [7, 11) is 1.72. The van der Waals surface area contributed by atoms with Gasteiger partial charge in [0.05, 0.1) is 0 Å². The Morgan fingerprint density at radius 3 is 2.73 bits per heavy atom. The average molecular weight is 203 g/mol. The summed E-state index contributed by atoms with van der Waals surface area (Å²) < 4.78 is 7.25. The van der Waals surface area contributed by atoms with Crippen LogP contribution in [0.3, 0.4) is 0 Å². The molecule has 15 heavy (non-hydrogen) atoms. The number of methoxy groups -OCH3 is 1. The van der Waals surface area contributed by atoms with Crippen LogP contribution in [-0.2, 0) is 11.5 Å². The van der Waals surface area contributed by atoms with Gasteiger partial charge in [0.25, 0.3) is 0 Å². The van der Waals surface area contributed by atoms with Gasteiger partial charge in [0.15, 0.2) is 0 Å². The van der Waals surface area contributed by atoms with Gasteiger partial charge in [0.1, 0.15) is 6.73 Å². The molecule has 0 amide bonds. The maximum atomic E-state index is 5.13. The van der Waals surface area contributed by atoms with Crippen molar-refractivity contribution in [2.75, 3.05) is 7.11 Å². The lowest BCUT2D eigenvalue weighted by molar-refractivity contribution is 0.135. The SMILES string of the molecule is COCn1ccc2cc(C(C)C)ccc21. The first-order valence-electron chi connectivity index (χ1n) is 5.30. The number of hydrogen-bond acceptors (Lipinski definition) is 1. The highest BCUT2D eigenvalue weighted by atomic mass is 16.5. The minimum absolute atomic E-state index is 0.583. The lowest BCUT2D eigenvalue weighted by Crippen LogP contribution is -1.97. The van der Waals surface area contributed by atoms with E-state index >= 15 is 0 Å². The fourth-order valence-electron chi connectivity index (χ4n) is 1.83. The number of nitrogens with zero attached hydrogens (tertiary/aromatic N) is 1. The van der Waals surface area contributed by atoms with Crippen molar-refractivity contribution in [1.29, 1.82) is 0 Å². The molecule has 80 valence electrons. The van der Waals surface area contributed by atoms with Crippen LogP contribution in [0.1, 0.15) is 25.3 Å². The average Bonchev–Trinajstić information content (AvgIpc) is 2.61. The molecule has 0 N–H and O–H groups in total. The summed E-state index contributed by atoms with van der Waals surface area (Å²) >= 11 is 0. The highest BCUT2D eigenvalue weighted by Crippen LogP contribution is 2.22. The van der Waals surface area contributed by atoms with Crippen molar-refractivity contribution in [3.05, 3.63) is 36.0 Å². The van der Waals surface area contributed by atoms with Crippen molar-refractivity contribution >= 4 is 10.9 Å². The largest absolute Gasteiger partial charge is 0.364 e. The van der Waals surface area contributed by atoms with Crippen LogP contribution in [-0.4, -0.2) is 11.7 Å². The Kier molecular flexibility index (Phi) is 2.78. The summed E-state index contributed by atoms with van der Waals surface area (Å²) in [5, 5.41) is 1.29. The summed E-state index contributed by atoms with van der Waals surface area (Å²) in [5.41, 5.74) is 2.62. The molecule has 2 aromatic rings.